The third-order valence-electron chi connectivity index (χ3n) is 5.31. The zero-order chi connectivity index (χ0) is 17.6. The van der Waals surface area contributed by atoms with Gasteiger partial charge in [-0.3, -0.25) is 0 Å². The molecule has 23 heavy (non-hydrogen) atoms. The summed E-state index contributed by atoms with van der Waals surface area (Å²) in [7, 11) is 4.08. The van der Waals surface area contributed by atoms with Gasteiger partial charge < -0.3 is 14.1 Å². The number of likely N-dealkylation sites (N-methyl/N-ethyl adjacent to an activating group) is 1. The summed E-state index contributed by atoms with van der Waals surface area (Å²) in [6.45, 7) is 11.5. The first-order valence-electron chi connectivity index (χ1n) is 8.18. The molecule has 0 unspecified atom stereocenters. The summed E-state index contributed by atoms with van der Waals surface area (Å²) < 4.78 is 12.3. The van der Waals surface area contributed by atoms with E-state index < -0.39 is 8.32 Å². The third kappa shape index (κ3) is 3.60. The Bertz CT molecular complexity index is 581. The third-order valence-corrected chi connectivity index (χ3v) is 10.0. The summed E-state index contributed by atoms with van der Waals surface area (Å²) in [5.74, 6) is 0.876. The molecule has 0 saturated heterocycles. The van der Waals surface area contributed by atoms with Crippen LogP contribution in [0.1, 0.15) is 37.9 Å². The van der Waals surface area contributed by atoms with Gasteiger partial charge in [0.05, 0.1) is 19.3 Å². The minimum Gasteiger partial charge on any atom is -0.496 e. The molecule has 0 radical (unpaired) electrons. The van der Waals surface area contributed by atoms with Crippen molar-refractivity contribution in [2.45, 2.75) is 57.5 Å². The molecule has 1 aliphatic rings. The maximum atomic E-state index is 6.76. The van der Waals surface area contributed by atoms with Crippen molar-refractivity contribution in [2.24, 2.45) is 0 Å². The molecule has 0 spiro atoms. The number of halogens is 1. The normalized spacial score (nSPS) is 21.7. The van der Waals surface area contributed by atoms with E-state index in [0.717, 1.165) is 17.2 Å². The highest BCUT2D eigenvalue weighted by Gasteiger charge is 2.44. The number of benzene rings is 1. The number of nitrogens with zero attached hydrogens (tertiary/aromatic N) is 1. The minimum absolute atomic E-state index is 0.147. The van der Waals surface area contributed by atoms with Gasteiger partial charge in [-0.25, -0.2) is 0 Å². The molecule has 0 amide bonds. The van der Waals surface area contributed by atoms with Crippen molar-refractivity contribution in [3.8, 4) is 5.75 Å². The first-order valence-corrected chi connectivity index (χ1v) is 11.5. The first-order chi connectivity index (χ1) is 10.5. The lowest BCUT2D eigenvalue weighted by molar-refractivity contribution is 0.0980. The van der Waals surface area contributed by atoms with Crippen LogP contribution in [0.2, 0.25) is 23.2 Å². The Morgan fingerprint density at radius 2 is 1.83 bits per heavy atom. The Hall–Kier alpha value is -0.553. The van der Waals surface area contributed by atoms with Crippen molar-refractivity contribution in [1.82, 2.24) is 4.90 Å². The number of methoxy groups -OCH3 is 1. The van der Waals surface area contributed by atoms with E-state index in [0.29, 0.717) is 0 Å². The van der Waals surface area contributed by atoms with Crippen molar-refractivity contribution in [3.05, 3.63) is 28.3 Å². The van der Waals surface area contributed by atoms with Crippen LogP contribution in [-0.4, -0.2) is 40.5 Å². The molecule has 0 aliphatic heterocycles. The van der Waals surface area contributed by atoms with E-state index in [1.54, 1.807) is 7.11 Å². The largest absolute Gasteiger partial charge is 0.496 e. The zero-order valence-corrected chi connectivity index (χ0v) is 17.4. The summed E-state index contributed by atoms with van der Waals surface area (Å²) in [5, 5.41) is 0.917. The fourth-order valence-electron chi connectivity index (χ4n) is 3.08. The molecular weight excluding hydrogens is 326 g/mol. The van der Waals surface area contributed by atoms with Crippen molar-refractivity contribution in [3.63, 3.8) is 0 Å². The summed E-state index contributed by atoms with van der Waals surface area (Å²) in [4.78, 5) is 2.24. The second kappa shape index (κ2) is 6.39. The molecule has 2 rings (SSSR count). The van der Waals surface area contributed by atoms with Gasteiger partial charge in [-0.2, -0.15) is 0 Å². The predicted molar refractivity (Wildman–Crippen MR) is 100 cm³/mol. The van der Waals surface area contributed by atoms with Gasteiger partial charge in [0, 0.05) is 17.0 Å². The summed E-state index contributed by atoms with van der Waals surface area (Å²) in [6.07, 6.45) is 1.03. The smallest absolute Gasteiger partial charge is 0.192 e. The van der Waals surface area contributed by atoms with Gasteiger partial charge in [0.1, 0.15) is 5.75 Å². The van der Waals surface area contributed by atoms with E-state index in [2.05, 4.69) is 58.9 Å². The molecular formula is C18H30ClNO2Si. The molecule has 0 aromatic heterocycles. The van der Waals surface area contributed by atoms with Gasteiger partial charge in [-0.15, -0.1) is 0 Å². The van der Waals surface area contributed by atoms with E-state index in [9.17, 15) is 0 Å². The van der Waals surface area contributed by atoms with Crippen LogP contribution >= 0.6 is 11.6 Å². The molecule has 0 saturated carbocycles. The molecule has 2 atom stereocenters. The lowest BCUT2D eigenvalue weighted by Gasteiger charge is -2.41. The Kier molecular flexibility index (Phi) is 5.22. The molecule has 5 heteroatoms. The fraction of sp³-hybridized carbons (Fsp3) is 0.667. The van der Waals surface area contributed by atoms with Gasteiger partial charge in [0.15, 0.2) is 8.32 Å². The molecule has 1 aliphatic carbocycles. The maximum absolute atomic E-state index is 6.76. The zero-order valence-electron chi connectivity index (χ0n) is 15.7. The van der Waals surface area contributed by atoms with Gasteiger partial charge in [-0.1, -0.05) is 32.4 Å². The second-order valence-electron chi connectivity index (χ2n) is 8.21. The summed E-state index contributed by atoms with van der Waals surface area (Å²) >= 11 is 6.30. The Morgan fingerprint density at radius 3 is 2.30 bits per heavy atom. The minimum atomic E-state index is -1.84. The molecule has 0 N–H and O–H groups in total. The van der Waals surface area contributed by atoms with E-state index in [1.807, 2.05) is 6.07 Å². The SMILES string of the molecule is COc1cc(Cl)cc2c1C[C@@H](O[Si](C)(C)C(C)(C)C)[C@@H]2N(C)C. The van der Waals surface area contributed by atoms with Crippen LogP contribution in [0.4, 0.5) is 0 Å². The van der Waals surface area contributed by atoms with Crippen LogP contribution < -0.4 is 4.74 Å². The van der Waals surface area contributed by atoms with Crippen molar-refractivity contribution in [2.75, 3.05) is 21.2 Å². The van der Waals surface area contributed by atoms with Crippen LogP contribution in [-0.2, 0) is 10.8 Å². The van der Waals surface area contributed by atoms with E-state index >= 15 is 0 Å². The van der Waals surface area contributed by atoms with Crippen LogP contribution in [0.15, 0.2) is 12.1 Å². The second-order valence-corrected chi connectivity index (χ2v) is 13.4. The standard InChI is InChI=1S/C18H30ClNO2Si/c1-18(2,3)23(7,8)22-16-11-13-14(17(16)20(4)5)9-12(19)10-15(13)21-6/h9-10,16-17H,11H2,1-8H3/t16-,17-/m1/s1. The van der Waals surface area contributed by atoms with Gasteiger partial charge in [0.25, 0.3) is 0 Å². The quantitative estimate of drug-likeness (QED) is 0.717. The van der Waals surface area contributed by atoms with Gasteiger partial charge >= 0.3 is 0 Å². The molecule has 0 bridgehead atoms. The fourth-order valence-corrected chi connectivity index (χ4v) is 4.62. The number of ether oxygens (including phenoxy) is 1. The average molecular weight is 356 g/mol. The highest BCUT2D eigenvalue weighted by Crippen LogP contribution is 2.46. The number of rotatable bonds is 4. The predicted octanol–water partition coefficient (Wildman–Crippen LogP) is 4.90. The van der Waals surface area contributed by atoms with E-state index in [4.69, 9.17) is 20.8 Å². The topological polar surface area (TPSA) is 21.7 Å². The van der Waals surface area contributed by atoms with E-state index in [1.165, 1.54) is 11.1 Å². The Balaban J connectivity index is 2.41. The Labute approximate surface area is 147 Å². The number of hydrogen-bond acceptors (Lipinski definition) is 3. The first kappa shape index (κ1) is 18.8. The average Bonchev–Trinajstić information content (AvgIpc) is 2.73. The van der Waals surface area contributed by atoms with Gasteiger partial charge in [-0.05, 0) is 49.9 Å². The summed E-state index contributed by atoms with van der Waals surface area (Å²) in [5.41, 5.74) is 2.47. The van der Waals surface area contributed by atoms with Crippen LogP contribution in [0.3, 0.4) is 0 Å². The van der Waals surface area contributed by atoms with Crippen molar-refractivity contribution >= 4 is 19.9 Å². The molecule has 3 nitrogen and oxygen atoms in total. The monoisotopic (exact) mass is 355 g/mol. The molecule has 0 heterocycles. The van der Waals surface area contributed by atoms with Crippen molar-refractivity contribution in [1.29, 1.82) is 0 Å². The highest BCUT2D eigenvalue weighted by atomic mass is 35.5. The molecule has 0 fully saturated rings. The Morgan fingerprint density at radius 1 is 1.22 bits per heavy atom. The number of hydrogen-bond donors (Lipinski definition) is 0. The van der Waals surface area contributed by atoms with E-state index in [-0.39, 0.29) is 17.2 Å². The number of fused-ring (bicyclic) bond motifs is 1. The molecule has 1 aromatic carbocycles. The highest BCUT2D eigenvalue weighted by molar-refractivity contribution is 6.74. The van der Waals surface area contributed by atoms with Crippen molar-refractivity contribution < 1.29 is 9.16 Å². The lowest BCUT2D eigenvalue weighted by atomic mass is 10.1. The van der Waals surface area contributed by atoms with Gasteiger partial charge in [0.2, 0.25) is 0 Å². The van der Waals surface area contributed by atoms with Crippen LogP contribution in [0, 0.1) is 0 Å². The molecule has 130 valence electrons. The molecule has 1 aromatic rings. The van der Waals surface area contributed by atoms with Crippen LogP contribution in [0.25, 0.3) is 0 Å². The lowest BCUT2D eigenvalue weighted by Crippen LogP contribution is -2.46. The maximum Gasteiger partial charge on any atom is 0.192 e. The van der Waals surface area contributed by atoms with Crippen LogP contribution in [0.5, 0.6) is 5.75 Å². The summed E-state index contributed by atoms with van der Waals surface area (Å²) in [6, 6.07) is 4.19.